The Kier molecular flexibility index (Phi) is 5.91. The molecule has 4 nitrogen and oxygen atoms in total. The second-order valence-electron chi connectivity index (χ2n) is 4.92. The first-order valence-electron chi connectivity index (χ1n) is 7.00. The maximum Gasteiger partial charge on any atom is 0.407 e. The van der Waals surface area contributed by atoms with E-state index in [4.69, 9.17) is 4.74 Å². The monoisotopic (exact) mass is 303 g/mol. The minimum atomic E-state index is -0.593. The summed E-state index contributed by atoms with van der Waals surface area (Å²) in [6.45, 7) is -0.0564. The van der Waals surface area contributed by atoms with Gasteiger partial charge in [0.2, 0.25) is 0 Å². The summed E-state index contributed by atoms with van der Waals surface area (Å²) < 4.78 is 17.9. The summed E-state index contributed by atoms with van der Waals surface area (Å²) in [7, 11) is 0. The molecule has 5 heteroatoms. The number of halogens is 1. The molecule has 2 rings (SSSR count). The van der Waals surface area contributed by atoms with Crippen LogP contribution in [-0.2, 0) is 17.8 Å². The summed E-state index contributed by atoms with van der Waals surface area (Å²) in [5.74, 6) is -0.320. The van der Waals surface area contributed by atoms with Gasteiger partial charge in [-0.2, -0.15) is 0 Å². The van der Waals surface area contributed by atoms with Crippen molar-refractivity contribution in [3.05, 3.63) is 71.5 Å². The quantitative estimate of drug-likeness (QED) is 0.862. The highest BCUT2D eigenvalue weighted by Gasteiger charge is 2.13. The SMILES string of the molecule is O=C(NC(CO)Cc1ccc(F)cc1)OCc1ccccc1. The molecular weight excluding hydrogens is 285 g/mol. The number of nitrogens with one attached hydrogen (secondary N) is 1. The van der Waals surface area contributed by atoms with Crippen LogP contribution >= 0.6 is 0 Å². The molecule has 2 aromatic carbocycles. The Morgan fingerprint density at radius 3 is 2.41 bits per heavy atom. The molecule has 0 radical (unpaired) electrons. The molecule has 22 heavy (non-hydrogen) atoms. The van der Waals surface area contributed by atoms with Gasteiger partial charge in [-0.15, -0.1) is 0 Å². The Hall–Kier alpha value is -2.40. The van der Waals surface area contributed by atoms with Gasteiger partial charge in [0, 0.05) is 0 Å². The molecule has 0 spiro atoms. The highest BCUT2D eigenvalue weighted by atomic mass is 19.1. The molecule has 1 atom stereocenters. The summed E-state index contributed by atoms with van der Waals surface area (Å²) in [6.07, 6.45) is -0.193. The van der Waals surface area contributed by atoms with Crippen LogP contribution < -0.4 is 5.32 Å². The molecule has 116 valence electrons. The second kappa shape index (κ2) is 8.14. The Morgan fingerprint density at radius 1 is 1.09 bits per heavy atom. The summed E-state index contributed by atoms with van der Waals surface area (Å²) in [5, 5.41) is 11.9. The lowest BCUT2D eigenvalue weighted by molar-refractivity contribution is 0.129. The zero-order valence-electron chi connectivity index (χ0n) is 12.0. The van der Waals surface area contributed by atoms with Crippen molar-refractivity contribution in [3.8, 4) is 0 Å². The third-order valence-electron chi connectivity index (χ3n) is 3.15. The van der Waals surface area contributed by atoms with Crippen molar-refractivity contribution >= 4 is 6.09 Å². The van der Waals surface area contributed by atoms with Gasteiger partial charge in [-0.25, -0.2) is 9.18 Å². The van der Waals surface area contributed by atoms with Gasteiger partial charge in [0.1, 0.15) is 12.4 Å². The number of aliphatic hydroxyl groups excluding tert-OH is 1. The van der Waals surface area contributed by atoms with Crippen molar-refractivity contribution in [1.82, 2.24) is 5.32 Å². The zero-order chi connectivity index (χ0) is 15.8. The number of amides is 1. The number of rotatable bonds is 6. The summed E-state index contributed by atoms with van der Waals surface area (Å²) >= 11 is 0. The van der Waals surface area contributed by atoms with Crippen molar-refractivity contribution in [2.45, 2.75) is 19.1 Å². The predicted octanol–water partition coefficient (Wildman–Crippen LogP) is 2.66. The minimum absolute atomic E-state index is 0.168. The van der Waals surface area contributed by atoms with Gasteiger partial charge >= 0.3 is 6.09 Å². The molecule has 0 aliphatic carbocycles. The molecule has 0 saturated heterocycles. The lowest BCUT2D eigenvalue weighted by atomic mass is 10.1. The van der Waals surface area contributed by atoms with E-state index in [9.17, 15) is 14.3 Å². The van der Waals surface area contributed by atoms with Gasteiger partial charge in [-0.05, 0) is 29.7 Å². The Morgan fingerprint density at radius 2 is 1.77 bits per heavy atom. The van der Waals surface area contributed by atoms with E-state index < -0.39 is 12.1 Å². The van der Waals surface area contributed by atoms with Crippen molar-refractivity contribution in [2.75, 3.05) is 6.61 Å². The number of ether oxygens (including phenoxy) is 1. The standard InChI is InChI=1S/C17H18FNO3/c18-15-8-6-13(7-9-15)10-16(11-20)19-17(21)22-12-14-4-2-1-3-5-14/h1-9,16,20H,10-12H2,(H,19,21). The number of carbonyl (C=O) groups excluding carboxylic acids is 1. The fourth-order valence-corrected chi connectivity index (χ4v) is 2.00. The third kappa shape index (κ3) is 5.18. The fourth-order valence-electron chi connectivity index (χ4n) is 2.00. The number of benzene rings is 2. The van der Waals surface area contributed by atoms with Crippen LogP contribution in [0.25, 0.3) is 0 Å². The lowest BCUT2D eigenvalue weighted by Crippen LogP contribution is -2.39. The van der Waals surface area contributed by atoms with Gasteiger partial charge in [0.15, 0.2) is 0 Å². The predicted molar refractivity (Wildman–Crippen MR) is 80.7 cm³/mol. The number of aliphatic hydroxyl groups is 1. The van der Waals surface area contributed by atoms with E-state index in [0.717, 1.165) is 11.1 Å². The molecule has 2 N–H and O–H groups in total. The van der Waals surface area contributed by atoms with E-state index in [-0.39, 0.29) is 19.0 Å². The molecule has 0 heterocycles. The molecule has 0 fully saturated rings. The van der Waals surface area contributed by atoms with Gasteiger partial charge in [-0.3, -0.25) is 0 Å². The Bertz CT molecular complexity index is 587. The lowest BCUT2D eigenvalue weighted by Gasteiger charge is -2.16. The van der Waals surface area contributed by atoms with Crippen molar-refractivity contribution in [2.24, 2.45) is 0 Å². The smallest absolute Gasteiger partial charge is 0.407 e. The van der Waals surface area contributed by atoms with E-state index in [2.05, 4.69) is 5.32 Å². The third-order valence-corrected chi connectivity index (χ3v) is 3.15. The van der Waals surface area contributed by atoms with Gasteiger partial charge < -0.3 is 15.2 Å². The average Bonchev–Trinajstić information content (AvgIpc) is 2.55. The number of carbonyl (C=O) groups is 1. The van der Waals surface area contributed by atoms with Crippen LogP contribution in [0.1, 0.15) is 11.1 Å². The van der Waals surface area contributed by atoms with E-state index in [1.165, 1.54) is 12.1 Å². The van der Waals surface area contributed by atoms with E-state index in [1.54, 1.807) is 12.1 Å². The first-order chi connectivity index (χ1) is 10.7. The molecule has 0 bridgehead atoms. The summed E-state index contributed by atoms with van der Waals surface area (Å²) in [4.78, 5) is 11.7. The molecule has 1 amide bonds. The highest BCUT2D eigenvalue weighted by molar-refractivity contribution is 5.67. The first kappa shape index (κ1) is 16.0. The molecular formula is C17H18FNO3. The topological polar surface area (TPSA) is 58.6 Å². The molecule has 1 unspecified atom stereocenters. The number of hydrogen-bond donors (Lipinski definition) is 2. The normalized spacial score (nSPS) is 11.7. The summed E-state index contributed by atoms with van der Waals surface area (Å²) in [5.41, 5.74) is 1.71. The summed E-state index contributed by atoms with van der Waals surface area (Å²) in [6, 6.07) is 14.8. The van der Waals surface area contributed by atoms with E-state index in [1.807, 2.05) is 30.3 Å². The largest absolute Gasteiger partial charge is 0.445 e. The molecule has 0 aromatic heterocycles. The van der Waals surface area contributed by atoms with Crippen molar-refractivity contribution < 1.29 is 19.0 Å². The van der Waals surface area contributed by atoms with Crippen molar-refractivity contribution in [3.63, 3.8) is 0 Å². The van der Waals surface area contributed by atoms with Gasteiger partial charge in [0.25, 0.3) is 0 Å². The van der Waals surface area contributed by atoms with Crippen LogP contribution in [0, 0.1) is 5.82 Å². The average molecular weight is 303 g/mol. The number of alkyl carbamates (subject to hydrolysis) is 1. The van der Waals surface area contributed by atoms with Crippen molar-refractivity contribution in [1.29, 1.82) is 0 Å². The fraction of sp³-hybridized carbons (Fsp3) is 0.235. The highest BCUT2D eigenvalue weighted by Crippen LogP contribution is 2.06. The number of hydrogen-bond acceptors (Lipinski definition) is 3. The van der Waals surface area contributed by atoms with Gasteiger partial charge in [-0.1, -0.05) is 42.5 Å². The van der Waals surface area contributed by atoms with Crippen LogP contribution in [0.5, 0.6) is 0 Å². The molecule has 0 saturated carbocycles. The van der Waals surface area contributed by atoms with E-state index in [0.29, 0.717) is 6.42 Å². The molecule has 0 aliphatic heterocycles. The first-order valence-corrected chi connectivity index (χ1v) is 7.00. The van der Waals surface area contributed by atoms with Crippen LogP contribution in [0.15, 0.2) is 54.6 Å². The maximum atomic E-state index is 12.8. The van der Waals surface area contributed by atoms with E-state index >= 15 is 0 Å². The Balaban J connectivity index is 1.81. The van der Waals surface area contributed by atoms with Crippen LogP contribution in [0.3, 0.4) is 0 Å². The van der Waals surface area contributed by atoms with Gasteiger partial charge in [0.05, 0.1) is 12.6 Å². The minimum Gasteiger partial charge on any atom is -0.445 e. The molecule has 2 aromatic rings. The zero-order valence-corrected chi connectivity index (χ0v) is 12.0. The van der Waals surface area contributed by atoms with Crippen LogP contribution in [0.4, 0.5) is 9.18 Å². The molecule has 0 aliphatic rings. The second-order valence-corrected chi connectivity index (χ2v) is 4.92. The van der Waals surface area contributed by atoms with Crippen LogP contribution in [-0.4, -0.2) is 23.8 Å². The van der Waals surface area contributed by atoms with Crippen LogP contribution in [0.2, 0.25) is 0 Å². The Labute approximate surface area is 128 Å². The maximum absolute atomic E-state index is 12.8.